The standard InChI is InChI=1S/C15H15ClINO6/c1-21-12-5-11(10(17)4-9(12)16)18-7-24-6-8(14(19)22-2)13(18)15(20)23-3/h4-5H,6-7H2,1-3H3. The fourth-order valence-corrected chi connectivity index (χ4v) is 3.40. The third-order valence-corrected chi connectivity index (χ3v) is 4.50. The second-order valence-corrected chi connectivity index (χ2v) is 6.22. The summed E-state index contributed by atoms with van der Waals surface area (Å²) in [6, 6.07) is 3.36. The van der Waals surface area contributed by atoms with E-state index in [1.165, 1.54) is 26.2 Å². The van der Waals surface area contributed by atoms with Crippen molar-refractivity contribution in [2.45, 2.75) is 0 Å². The van der Waals surface area contributed by atoms with Gasteiger partial charge in [0.1, 0.15) is 18.2 Å². The summed E-state index contributed by atoms with van der Waals surface area (Å²) in [7, 11) is 3.96. The van der Waals surface area contributed by atoms with Crippen molar-refractivity contribution in [1.29, 1.82) is 0 Å². The van der Waals surface area contributed by atoms with E-state index in [9.17, 15) is 9.59 Å². The van der Waals surface area contributed by atoms with Gasteiger partial charge < -0.3 is 23.8 Å². The Kier molecular flexibility index (Phi) is 6.30. The van der Waals surface area contributed by atoms with E-state index in [2.05, 4.69) is 22.6 Å². The average Bonchev–Trinajstić information content (AvgIpc) is 2.60. The smallest absolute Gasteiger partial charge is 0.355 e. The Bertz CT molecular complexity index is 705. The predicted molar refractivity (Wildman–Crippen MR) is 95.1 cm³/mol. The van der Waals surface area contributed by atoms with Crippen LogP contribution in [0.25, 0.3) is 0 Å². The molecule has 1 aromatic carbocycles. The minimum atomic E-state index is -0.664. The molecular weight excluding hydrogens is 453 g/mol. The molecule has 0 aliphatic carbocycles. The van der Waals surface area contributed by atoms with Gasteiger partial charge in [0.2, 0.25) is 0 Å². The summed E-state index contributed by atoms with van der Waals surface area (Å²) in [4.78, 5) is 25.8. The zero-order valence-electron chi connectivity index (χ0n) is 13.2. The number of rotatable bonds is 4. The molecule has 0 fully saturated rings. The number of carbonyl (C=O) groups excluding carboxylic acids is 2. The largest absolute Gasteiger partial charge is 0.495 e. The van der Waals surface area contributed by atoms with E-state index in [0.29, 0.717) is 16.5 Å². The lowest BCUT2D eigenvalue weighted by Crippen LogP contribution is -2.39. The fraction of sp³-hybridized carbons (Fsp3) is 0.333. The van der Waals surface area contributed by atoms with Crippen molar-refractivity contribution in [3.63, 3.8) is 0 Å². The molecule has 0 saturated carbocycles. The highest BCUT2D eigenvalue weighted by molar-refractivity contribution is 14.1. The highest BCUT2D eigenvalue weighted by atomic mass is 127. The summed E-state index contributed by atoms with van der Waals surface area (Å²) in [5.74, 6) is -0.888. The van der Waals surface area contributed by atoms with Gasteiger partial charge in [-0.25, -0.2) is 9.59 Å². The first-order chi connectivity index (χ1) is 11.4. The number of carbonyl (C=O) groups is 2. The van der Waals surface area contributed by atoms with Crippen molar-refractivity contribution in [2.75, 3.05) is 39.6 Å². The topological polar surface area (TPSA) is 74.3 Å². The fourth-order valence-electron chi connectivity index (χ4n) is 2.22. The molecular formula is C15H15ClINO6. The second kappa shape index (κ2) is 8.04. The molecule has 0 bridgehead atoms. The molecule has 0 radical (unpaired) electrons. The Hall–Kier alpha value is -1.52. The lowest BCUT2D eigenvalue weighted by atomic mass is 10.1. The number of methoxy groups -OCH3 is 3. The summed E-state index contributed by atoms with van der Waals surface area (Å²) < 4.78 is 21.0. The lowest BCUT2D eigenvalue weighted by Gasteiger charge is -2.32. The van der Waals surface area contributed by atoms with Crippen LogP contribution < -0.4 is 9.64 Å². The Balaban J connectivity index is 2.63. The first-order valence-electron chi connectivity index (χ1n) is 6.72. The van der Waals surface area contributed by atoms with Gasteiger partial charge in [0.05, 0.1) is 44.2 Å². The molecule has 9 heteroatoms. The number of nitrogens with zero attached hydrogens (tertiary/aromatic N) is 1. The monoisotopic (exact) mass is 467 g/mol. The summed E-state index contributed by atoms with van der Waals surface area (Å²) in [6.07, 6.45) is 0. The van der Waals surface area contributed by atoms with Crippen LogP contribution in [0.4, 0.5) is 5.69 Å². The van der Waals surface area contributed by atoms with E-state index in [4.69, 9.17) is 30.5 Å². The minimum Gasteiger partial charge on any atom is -0.495 e. The summed E-state index contributed by atoms with van der Waals surface area (Å²) >= 11 is 8.18. The molecule has 1 aromatic rings. The molecule has 0 aromatic heterocycles. The summed E-state index contributed by atoms with van der Waals surface area (Å²) in [6.45, 7) is 0.0145. The van der Waals surface area contributed by atoms with Crippen LogP contribution in [0.15, 0.2) is 23.4 Å². The normalized spacial score (nSPS) is 14.5. The number of anilines is 1. The molecule has 0 unspecified atom stereocenters. The van der Waals surface area contributed by atoms with Gasteiger partial charge >= 0.3 is 11.9 Å². The number of halogens is 2. The molecule has 2 rings (SSSR count). The van der Waals surface area contributed by atoms with Gasteiger partial charge in [-0.15, -0.1) is 0 Å². The van der Waals surface area contributed by atoms with Crippen molar-refractivity contribution in [1.82, 2.24) is 0 Å². The van der Waals surface area contributed by atoms with Crippen LogP contribution in [0.2, 0.25) is 5.02 Å². The van der Waals surface area contributed by atoms with Crippen molar-refractivity contribution in [3.05, 3.63) is 32.0 Å². The van der Waals surface area contributed by atoms with Gasteiger partial charge in [0.25, 0.3) is 0 Å². The number of esters is 2. The lowest BCUT2D eigenvalue weighted by molar-refractivity contribution is -0.140. The number of hydrogen-bond acceptors (Lipinski definition) is 7. The Morgan fingerprint density at radius 1 is 1.21 bits per heavy atom. The maximum absolute atomic E-state index is 12.3. The predicted octanol–water partition coefficient (Wildman–Crippen LogP) is 2.35. The first-order valence-corrected chi connectivity index (χ1v) is 8.18. The van der Waals surface area contributed by atoms with Gasteiger partial charge in [-0.3, -0.25) is 0 Å². The molecule has 0 amide bonds. The van der Waals surface area contributed by atoms with Crippen molar-refractivity contribution >= 4 is 51.8 Å². The molecule has 1 aliphatic heterocycles. The van der Waals surface area contributed by atoms with Gasteiger partial charge in [-0.1, -0.05) is 11.6 Å². The summed E-state index contributed by atoms with van der Waals surface area (Å²) in [5.41, 5.74) is 0.747. The van der Waals surface area contributed by atoms with E-state index >= 15 is 0 Å². The van der Waals surface area contributed by atoms with Gasteiger partial charge in [-0.2, -0.15) is 0 Å². The zero-order chi connectivity index (χ0) is 17.9. The number of hydrogen-bond donors (Lipinski definition) is 0. The highest BCUT2D eigenvalue weighted by Gasteiger charge is 2.33. The first kappa shape index (κ1) is 18.8. The summed E-state index contributed by atoms with van der Waals surface area (Å²) in [5, 5.41) is 0.431. The van der Waals surface area contributed by atoms with E-state index in [0.717, 1.165) is 3.57 Å². The van der Waals surface area contributed by atoms with Gasteiger partial charge in [0, 0.05) is 9.64 Å². The molecule has 24 heavy (non-hydrogen) atoms. The Labute approximate surface area is 157 Å². The molecule has 1 heterocycles. The molecule has 0 atom stereocenters. The second-order valence-electron chi connectivity index (χ2n) is 4.65. The van der Waals surface area contributed by atoms with Crippen molar-refractivity contribution in [3.8, 4) is 5.75 Å². The van der Waals surface area contributed by atoms with Crippen LogP contribution in [0, 0.1) is 3.57 Å². The minimum absolute atomic E-state index is 0.0467. The quantitative estimate of drug-likeness (QED) is 0.497. The van der Waals surface area contributed by atoms with Crippen molar-refractivity contribution in [2.24, 2.45) is 0 Å². The molecule has 0 N–H and O–H groups in total. The highest BCUT2D eigenvalue weighted by Crippen LogP contribution is 2.37. The van der Waals surface area contributed by atoms with Crippen LogP contribution in [0.1, 0.15) is 0 Å². The van der Waals surface area contributed by atoms with Crippen molar-refractivity contribution < 1.29 is 28.5 Å². The Morgan fingerprint density at radius 2 is 1.88 bits per heavy atom. The number of ether oxygens (including phenoxy) is 4. The maximum Gasteiger partial charge on any atom is 0.355 e. The maximum atomic E-state index is 12.3. The SMILES string of the molecule is COC(=O)C1=C(C(=O)OC)N(c2cc(OC)c(Cl)cc2I)COC1. The van der Waals surface area contributed by atoms with Crippen LogP contribution in [0.3, 0.4) is 0 Å². The molecule has 7 nitrogen and oxygen atoms in total. The van der Waals surface area contributed by atoms with Gasteiger partial charge in [0.15, 0.2) is 0 Å². The molecule has 0 spiro atoms. The molecule has 1 aliphatic rings. The van der Waals surface area contributed by atoms with Crippen LogP contribution in [-0.4, -0.2) is 46.6 Å². The van der Waals surface area contributed by atoms with Gasteiger partial charge in [-0.05, 0) is 28.7 Å². The van der Waals surface area contributed by atoms with Crippen LogP contribution in [0.5, 0.6) is 5.75 Å². The van der Waals surface area contributed by atoms with Crippen LogP contribution in [-0.2, 0) is 23.8 Å². The zero-order valence-corrected chi connectivity index (χ0v) is 16.1. The molecule has 130 valence electrons. The average molecular weight is 468 g/mol. The van der Waals surface area contributed by atoms with E-state index in [-0.39, 0.29) is 24.6 Å². The van der Waals surface area contributed by atoms with E-state index in [1.807, 2.05) is 0 Å². The third-order valence-electron chi connectivity index (χ3n) is 3.35. The number of benzene rings is 1. The Morgan fingerprint density at radius 3 is 2.46 bits per heavy atom. The van der Waals surface area contributed by atoms with E-state index in [1.54, 1.807) is 12.1 Å². The van der Waals surface area contributed by atoms with E-state index < -0.39 is 11.9 Å². The third kappa shape index (κ3) is 3.60. The van der Waals surface area contributed by atoms with Crippen LogP contribution >= 0.6 is 34.2 Å². The molecule has 0 saturated heterocycles.